The summed E-state index contributed by atoms with van der Waals surface area (Å²) in [5.41, 5.74) is 0.442. The van der Waals surface area contributed by atoms with Crippen LogP contribution >= 0.6 is 11.6 Å². The second-order valence-corrected chi connectivity index (χ2v) is 5.48. The van der Waals surface area contributed by atoms with Crippen molar-refractivity contribution >= 4 is 17.5 Å². The van der Waals surface area contributed by atoms with Gasteiger partial charge in [0.15, 0.2) is 10.8 Å². The zero-order chi connectivity index (χ0) is 15.7. The largest absolute Gasteiger partial charge is 0.347 e. The summed E-state index contributed by atoms with van der Waals surface area (Å²) in [6.07, 6.45) is 4.20. The quantitative estimate of drug-likeness (QED) is 0.944. The fourth-order valence-electron chi connectivity index (χ4n) is 2.56. The Hall–Kier alpha value is -2.08. The molecule has 1 heterocycles. The molecule has 1 N–H and O–H groups in total. The fourth-order valence-corrected chi connectivity index (χ4v) is 2.75. The maximum absolute atomic E-state index is 13.8. The number of aromatic nitrogens is 2. The molecule has 1 saturated carbocycles. The monoisotopic (exact) mass is 323 g/mol. The molecule has 1 fully saturated rings. The number of nitrogens with zero attached hydrogens (tertiary/aromatic N) is 2. The Morgan fingerprint density at radius 1 is 1.23 bits per heavy atom. The predicted octanol–water partition coefficient (Wildman–Crippen LogP) is 3.08. The molecule has 0 spiro atoms. The van der Waals surface area contributed by atoms with E-state index in [4.69, 9.17) is 11.6 Å². The van der Waals surface area contributed by atoms with Crippen molar-refractivity contribution in [1.82, 2.24) is 15.3 Å². The van der Waals surface area contributed by atoms with E-state index in [1.807, 2.05) is 0 Å². The molecule has 2 atom stereocenters. The van der Waals surface area contributed by atoms with Gasteiger partial charge in [0.25, 0.3) is 5.91 Å². The van der Waals surface area contributed by atoms with E-state index in [-0.39, 0.29) is 22.8 Å². The molecule has 1 amide bonds. The number of hydrogen-bond acceptors (Lipinski definition) is 3. The maximum Gasteiger partial charge on any atom is 0.273 e. The van der Waals surface area contributed by atoms with Crippen LogP contribution in [-0.4, -0.2) is 21.9 Å². The van der Waals surface area contributed by atoms with E-state index in [0.717, 1.165) is 12.5 Å². The lowest BCUT2D eigenvalue weighted by molar-refractivity contribution is 0.0898. The third-order valence-electron chi connectivity index (χ3n) is 3.82. The van der Waals surface area contributed by atoms with Gasteiger partial charge in [-0.25, -0.2) is 18.7 Å². The Labute approximate surface area is 130 Å². The van der Waals surface area contributed by atoms with E-state index in [1.54, 1.807) is 0 Å². The topological polar surface area (TPSA) is 54.9 Å². The van der Waals surface area contributed by atoms with Crippen LogP contribution in [0.5, 0.6) is 0 Å². The minimum atomic E-state index is -0.618. The van der Waals surface area contributed by atoms with Crippen molar-refractivity contribution in [3.8, 4) is 0 Å². The van der Waals surface area contributed by atoms with Gasteiger partial charge in [-0.1, -0.05) is 17.7 Å². The van der Waals surface area contributed by atoms with Crippen molar-refractivity contribution < 1.29 is 13.6 Å². The summed E-state index contributed by atoms with van der Waals surface area (Å²) >= 11 is 5.82. The lowest BCUT2D eigenvalue weighted by atomic mass is 9.74. The van der Waals surface area contributed by atoms with Gasteiger partial charge in [0.2, 0.25) is 0 Å². The molecule has 0 radical (unpaired) electrons. The average molecular weight is 324 g/mol. The number of amides is 1. The van der Waals surface area contributed by atoms with Crippen LogP contribution in [0, 0.1) is 11.6 Å². The lowest BCUT2D eigenvalue weighted by Crippen LogP contribution is -2.46. The van der Waals surface area contributed by atoms with Crippen LogP contribution in [0.15, 0.2) is 30.6 Å². The highest BCUT2D eigenvalue weighted by Crippen LogP contribution is 2.38. The maximum atomic E-state index is 13.8. The summed E-state index contributed by atoms with van der Waals surface area (Å²) in [6, 6.07) is 3.26. The zero-order valence-corrected chi connectivity index (χ0v) is 12.1. The zero-order valence-electron chi connectivity index (χ0n) is 11.4. The van der Waals surface area contributed by atoms with E-state index in [9.17, 15) is 13.6 Å². The number of halogens is 3. The molecular formula is C15H12ClF2N3O. The normalized spacial score (nSPS) is 20.3. The van der Waals surface area contributed by atoms with Gasteiger partial charge in [-0.2, -0.15) is 0 Å². The first-order valence-corrected chi connectivity index (χ1v) is 7.16. The van der Waals surface area contributed by atoms with Gasteiger partial charge in [0.1, 0.15) is 11.6 Å². The number of hydrogen-bond donors (Lipinski definition) is 1. The molecule has 7 heteroatoms. The molecule has 0 unspecified atom stereocenters. The van der Waals surface area contributed by atoms with Crippen LogP contribution in [0.2, 0.25) is 5.15 Å². The molecule has 4 nitrogen and oxygen atoms in total. The van der Waals surface area contributed by atoms with Gasteiger partial charge in [0, 0.05) is 30.4 Å². The minimum Gasteiger partial charge on any atom is -0.347 e. The lowest BCUT2D eigenvalue weighted by Gasteiger charge is -2.37. The fraction of sp³-hybridized carbons (Fsp3) is 0.267. The number of nitrogens with one attached hydrogen (secondary N) is 1. The summed E-state index contributed by atoms with van der Waals surface area (Å²) < 4.78 is 26.8. The van der Waals surface area contributed by atoms with E-state index < -0.39 is 17.5 Å². The third kappa shape index (κ3) is 2.78. The van der Waals surface area contributed by atoms with Gasteiger partial charge in [0.05, 0.1) is 0 Å². The van der Waals surface area contributed by atoms with Crippen molar-refractivity contribution in [2.75, 3.05) is 0 Å². The molecule has 3 rings (SSSR count). The number of rotatable bonds is 3. The smallest absolute Gasteiger partial charge is 0.273 e. The molecule has 22 heavy (non-hydrogen) atoms. The van der Waals surface area contributed by atoms with Crippen molar-refractivity contribution in [3.05, 3.63) is 58.6 Å². The Morgan fingerprint density at radius 3 is 2.64 bits per heavy atom. The van der Waals surface area contributed by atoms with Gasteiger partial charge in [-0.3, -0.25) is 4.79 Å². The second-order valence-electron chi connectivity index (χ2n) is 5.13. The highest BCUT2D eigenvalue weighted by Gasteiger charge is 2.35. The first kappa shape index (κ1) is 14.8. The van der Waals surface area contributed by atoms with E-state index in [1.165, 1.54) is 24.5 Å². The summed E-state index contributed by atoms with van der Waals surface area (Å²) in [4.78, 5) is 19.8. The summed E-state index contributed by atoms with van der Waals surface area (Å²) in [5.74, 6) is -1.84. The Balaban J connectivity index is 1.74. The molecule has 1 aliphatic rings. The molecule has 114 valence electrons. The van der Waals surface area contributed by atoms with Gasteiger partial charge >= 0.3 is 0 Å². The molecular weight excluding hydrogens is 312 g/mol. The van der Waals surface area contributed by atoms with Crippen molar-refractivity contribution in [1.29, 1.82) is 0 Å². The van der Waals surface area contributed by atoms with Gasteiger partial charge < -0.3 is 5.32 Å². The molecule has 1 aliphatic carbocycles. The number of carbonyl (C=O) groups is 1. The van der Waals surface area contributed by atoms with Gasteiger partial charge in [-0.05, 0) is 24.5 Å². The van der Waals surface area contributed by atoms with Crippen molar-refractivity contribution in [2.45, 2.75) is 24.8 Å². The SMILES string of the molecule is O=C(N[C@H]1CC[C@H]1c1ccc(F)cc1F)c1nccnc1Cl. The van der Waals surface area contributed by atoms with Crippen LogP contribution in [-0.2, 0) is 0 Å². The standard InChI is InChI=1S/C15H12ClF2N3O/c16-14-13(19-5-6-20-14)15(22)21-12-4-3-10(12)9-2-1-8(17)7-11(9)18/h1-2,5-7,10,12H,3-4H2,(H,21,22)/t10-,12-/m0/s1. The summed E-state index contributed by atoms with van der Waals surface area (Å²) in [6.45, 7) is 0. The highest BCUT2D eigenvalue weighted by atomic mass is 35.5. The molecule has 0 aliphatic heterocycles. The van der Waals surface area contributed by atoms with Crippen LogP contribution in [0.4, 0.5) is 8.78 Å². The van der Waals surface area contributed by atoms with Crippen LogP contribution in [0.1, 0.15) is 34.8 Å². The average Bonchev–Trinajstić information content (AvgIpc) is 2.46. The van der Waals surface area contributed by atoms with E-state index in [0.29, 0.717) is 12.0 Å². The van der Waals surface area contributed by atoms with E-state index >= 15 is 0 Å². The Bertz CT molecular complexity index is 726. The molecule has 0 bridgehead atoms. The highest BCUT2D eigenvalue weighted by molar-refractivity contribution is 6.32. The molecule has 1 aromatic carbocycles. The van der Waals surface area contributed by atoms with Crippen LogP contribution in [0.3, 0.4) is 0 Å². The second kappa shape index (κ2) is 5.96. The number of carbonyl (C=O) groups excluding carboxylic acids is 1. The van der Waals surface area contributed by atoms with E-state index in [2.05, 4.69) is 15.3 Å². The van der Waals surface area contributed by atoms with Gasteiger partial charge in [-0.15, -0.1) is 0 Å². The van der Waals surface area contributed by atoms with Crippen molar-refractivity contribution in [3.63, 3.8) is 0 Å². The predicted molar refractivity (Wildman–Crippen MR) is 76.6 cm³/mol. The van der Waals surface area contributed by atoms with Crippen molar-refractivity contribution in [2.24, 2.45) is 0 Å². The number of benzene rings is 1. The van der Waals surface area contributed by atoms with Crippen LogP contribution < -0.4 is 5.32 Å². The summed E-state index contributed by atoms with van der Waals surface area (Å²) in [5, 5.41) is 2.80. The Kier molecular flexibility index (Phi) is 4.02. The Morgan fingerprint density at radius 2 is 2.00 bits per heavy atom. The summed E-state index contributed by atoms with van der Waals surface area (Å²) in [7, 11) is 0. The molecule has 1 aromatic heterocycles. The third-order valence-corrected chi connectivity index (χ3v) is 4.10. The molecule has 2 aromatic rings. The first-order chi connectivity index (χ1) is 10.6. The minimum absolute atomic E-state index is 0.0174. The molecule has 0 saturated heterocycles. The van der Waals surface area contributed by atoms with Crippen LogP contribution in [0.25, 0.3) is 0 Å². The first-order valence-electron chi connectivity index (χ1n) is 6.78.